The summed E-state index contributed by atoms with van der Waals surface area (Å²) >= 11 is -1.86. The molecule has 4 heteroatoms. The summed E-state index contributed by atoms with van der Waals surface area (Å²) in [7, 11) is 0. The molecule has 2 rings (SSSR count). The Labute approximate surface area is 95.0 Å². The molecule has 1 aliphatic heterocycles. The van der Waals surface area contributed by atoms with E-state index in [9.17, 15) is 4.79 Å². The summed E-state index contributed by atoms with van der Waals surface area (Å²) in [6.45, 7) is 1.48. The van der Waals surface area contributed by atoms with Gasteiger partial charge in [-0.2, -0.15) is 0 Å². The summed E-state index contributed by atoms with van der Waals surface area (Å²) < 4.78 is 1.71. The van der Waals surface area contributed by atoms with Crippen LogP contribution in [0.3, 0.4) is 0 Å². The number of fused-ring (bicyclic) bond motifs is 1. The first-order valence-corrected chi connectivity index (χ1v) is 15.6. The van der Waals surface area contributed by atoms with Crippen LogP contribution in [0.4, 0.5) is 4.79 Å². The summed E-state index contributed by atoms with van der Waals surface area (Å²) in [5.41, 5.74) is 0. The fourth-order valence-electron chi connectivity index (χ4n) is 2.62. The van der Waals surface area contributed by atoms with Gasteiger partial charge >= 0.3 is 95.1 Å². The molecule has 2 atom stereocenters. The topological polar surface area (TPSA) is 40.5 Å². The number of amides is 1. The molecule has 15 heavy (non-hydrogen) atoms. The molecule has 1 saturated heterocycles. The van der Waals surface area contributed by atoms with Crippen molar-refractivity contribution in [2.75, 3.05) is 13.1 Å². The van der Waals surface area contributed by atoms with Crippen molar-refractivity contribution in [3.05, 3.63) is 9.67 Å². The van der Waals surface area contributed by atoms with Gasteiger partial charge in [-0.3, -0.25) is 0 Å². The van der Waals surface area contributed by atoms with Gasteiger partial charge in [0.05, 0.1) is 0 Å². The second-order valence-electron chi connectivity index (χ2n) is 5.76. The number of nitrogens with zero attached hydrogens (tertiary/aromatic N) is 1. The number of allylic oxidation sites excluding steroid dienone is 1. The van der Waals surface area contributed by atoms with Gasteiger partial charge < -0.3 is 0 Å². The van der Waals surface area contributed by atoms with Gasteiger partial charge in [0, 0.05) is 0 Å². The number of likely N-dealkylation sites (tertiary alicyclic amines) is 1. The van der Waals surface area contributed by atoms with Crippen LogP contribution >= 0.6 is 0 Å². The van der Waals surface area contributed by atoms with Crippen LogP contribution in [0.2, 0.25) is 14.8 Å². The van der Waals surface area contributed by atoms with E-state index in [0.29, 0.717) is 11.8 Å². The molecular weight excluding hydrogens is 297 g/mol. The van der Waals surface area contributed by atoms with E-state index in [1.807, 2.05) is 0 Å². The molecule has 3 nitrogen and oxygen atoms in total. The fourth-order valence-corrected chi connectivity index (χ4v) is 7.16. The fraction of sp³-hybridized carbons (Fsp3) is 0.727. The van der Waals surface area contributed by atoms with E-state index in [1.165, 1.54) is 6.42 Å². The Morgan fingerprint density at radius 1 is 1.47 bits per heavy atom. The Kier molecular flexibility index (Phi) is 2.77. The maximum atomic E-state index is 10.8. The molecule has 0 bridgehead atoms. The molecule has 1 fully saturated rings. The number of carbonyl (C=O) groups is 1. The predicted molar refractivity (Wildman–Crippen MR) is 62.6 cm³/mol. The van der Waals surface area contributed by atoms with E-state index >= 15 is 0 Å². The van der Waals surface area contributed by atoms with Gasteiger partial charge in [-0.05, 0) is 0 Å². The van der Waals surface area contributed by atoms with Crippen LogP contribution in [0.25, 0.3) is 0 Å². The average Bonchev–Trinajstić information content (AvgIpc) is 2.55. The Balaban J connectivity index is 2.07. The van der Waals surface area contributed by atoms with E-state index in [-0.39, 0.29) is 0 Å². The first-order valence-electron chi connectivity index (χ1n) is 5.57. The molecule has 0 spiro atoms. The molecule has 2 unspecified atom stereocenters. The van der Waals surface area contributed by atoms with Crippen LogP contribution in [0.1, 0.15) is 6.42 Å². The summed E-state index contributed by atoms with van der Waals surface area (Å²) in [6.07, 6.45) is 2.83. The monoisotopic (exact) mass is 317 g/mol. The Morgan fingerprint density at radius 2 is 2.13 bits per heavy atom. The molecule has 84 valence electrons. The van der Waals surface area contributed by atoms with Gasteiger partial charge in [0.2, 0.25) is 0 Å². The molecular formula is C11H19NO2Sn. The summed E-state index contributed by atoms with van der Waals surface area (Å²) in [5.74, 6) is 1.11. The summed E-state index contributed by atoms with van der Waals surface area (Å²) in [5, 5.41) is 8.91. The molecule has 0 aromatic rings. The zero-order valence-corrected chi connectivity index (χ0v) is 12.5. The summed E-state index contributed by atoms with van der Waals surface area (Å²) in [6, 6.07) is 0. The van der Waals surface area contributed by atoms with Gasteiger partial charge in [-0.1, -0.05) is 0 Å². The van der Waals surface area contributed by atoms with E-state index in [1.54, 1.807) is 8.49 Å². The first kappa shape index (κ1) is 11.3. The Hall–Kier alpha value is -0.191. The van der Waals surface area contributed by atoms with Crippen molar-refractivity contribution in [1.29, 1.82) is 0 Å². The van der Waals surface area contributed by atoms with Crippen molar-refractivity contribution in [2.24, 2.45) is 11.8 Å². The van der Waals surface area contributed by atoms with Crippen LogP contribution in [-0.4, -0.2) is 47.6 Å². The zero-order chi connectivity index (χ0) is 11.2. The number of rotatable bonds is 1. The Bertz CT molecular complexity index is 319. The van der Waals surface area contributed by atoms with Crippen molar-refractivity contribution in [1.82, 2.24) is 4.90 Å². The van der Waals surface area contributed by atoms with E-state index in [0.717, 1.165) is 13.1 Å². The summed E-state index contributed by atoms with van der Waals surface area (Å²) in [4.78, 5) is 19.7. The van der Waals surface area contributed by atoms with Crippen LogP contribution in [0, 0.1) is 11.8 Å². The molecule has 1 heterocycles. The normalized spacial score (nSPS) is 30.3. The van der Waals surface area contributed by atoms with Crippen LogP contribution in [0.5, 0.6) is 0 Å². The standard InChI is InChI=1S/C8H10NO2.3CH3.Sn/c10-8(11)9-4-6-2-1-3-7(6)5-9;;;;/h2,6-7H,3-5H2,(H,10,11);3*1H3;. The van der Waals surface area contributed by atoms with Crippen molar-refractivity contribution < 1.29 is 9.90 Å². The van der Waals surface area contributed by atoms with E-state index in [2.05, 4.69) is 20.9 Å². The minimum atomic E-state index is -1.86. The van der Waals surface area contributed by atoms with E-state index < -0.39 is 24.5 Å². The molecule has 0 aromatic heterocycles. The molecule has 1 aliphatic carbocycles. The van der Waals surface area contributed by atoms with Crippen LogP contribution in [-0.2, 0) is 0 Å². The van der Waals surface area contributed by atoms with Crippen molar-refractivity contribution >= 4 is 24.5 Å². The molecule has 2 aliphatic rings. The Morgan fingerprint density at radius 3 is 2.60 bits per heavy atom. The SMILES string of the molecule is [CH3][Sn]([CH3])([CH3])[C]1=CC2CN(C(=O)O)CC2C1. The first-order chi connectivity index (χ1) is 6.88. The van der Waals surface area contributed by atoms with Gasteiger partial charge in [0.15, 0.2) is 0 Å². The van der Waals surface area contributed by atoms with Crippen molar-refractivity contribution in [2.45, 2.75) is 21.2 Å². The number of hydrogen-bond acceptors (Lipinski definition) is 1. The van der Waals surface area contributed by atoms with Crippen molar-refractivity contribution in [3.63, 3.8) is 0 Å². The second kappa shape index (κ2) is 3.68. The van der Waals surface area contributed by atoms with Crippen molar-refractivity contribution in [3.8, 4) is 0 Å². The molecule has 0 aromatic carbocycles. The third kappa shape index (κ3) is 2.17. The number of carboxylic acid groups (broad SMARTS) is 1. The van der Waals surface area contributed by atoms with Crippen LogP contribution in [0.15, 0.2) is 9.67 Å². The quantitative estimate of drug-likeness (QED) is 0.755. The predicted octanol–water partition coefficient (Wildman–Crippen LogP) is 2.42. The number of hydrogen-bond donors (Lipinski definition) is 1. The molecule has 1 amide bonds. The maximum absolute atomic E-state index is 10.8. The minimum absolute atomic E-state index is 0.520. The zero-order valence-electron chi connectivity index (χ0n) is 9.66. The molecule has 0 radical (unpaired) electrons. The van der Waals surface area contributed by atoms with Gasteiger partial charge in [-0.15, -0.1) is 0 Å². The van der Waals surface area contributed by atoms with Gasteiger partial charge in [0.25, 0.3) is 0 Å². The molecule has 0 saturated carbocycles. The third-order valence-electron chi connectivity index (χ3n) is 3.62. The third-order valence-corrected chi connectivity index (χ3v) is 10.2. The van der Waals surface area contributed by atoms with Gasteiger partial charge in [-0.25, -0.2) is 0 Å². The van der Waals surface area contributed by atoms with Crippen LogP contribution < -0.4 is 0 Å². The van der Waals surface area contributed by atoms with Gasteiger partial charge in [0.1, 0.15) is 0 Å². The average molecular weight is 316 g/mol. The van der Waals surface area contributed by atoms with E-state index in [4.69, 9.17) is 5.11 Å². The second-order valence-corrected chi connectivity index (χ2v) is 20.4. The molecule has 1 N–H and O–H groups in total.